The van der Waals surface area contributed by atoms with Crippen LogP contribution in [0, 0.1) is 6.92 Å². The molecule has 3 nitrogen and oxygen atoms in total. The number of hydrogen-bond acceptors (Lipinski definition) is 3. The molecule has 0 aromatic heterocycles. The summed E-state index contributed by atoms with van der Waals surface area (Å²) in [6.07, 6.45) is 3.41. The van der Waals surface area contributed by atoms with Crippen LogP contribution in [0.5, 0.6) is 5.75 Å². The van der Waals surface area contributed by atoms with Gasteiger partial charge in [-0.1, -0.05) is 24.1 Å². The van der Waals surface area contributed by atoms with Gasteiger partial charge in [0.15, 0.2) is 0 Å². The Hall–Kier alpha value is -1.06. The molecule has 0 heterocycles. The third-order valence-electron chi connectivity index (χ3n) is 4.09. The topological polar surface area (TPSA) is 49.5 Å². The average molecular weight is 248 g/mol. The average Bonchev–Trinajstić information content (AvgIpc) is 2.23. The molecule has 3 N–H and O–H groups in total. The van der Waals surface area contributed by atoms with E-state index in [0.717, 1.165) is 30.5 Å². The van der Waals surface area contributed by atoms with E-state index in [0.29, 0.717) is 12.3 Å². The summed E-state index contributed by atoms with van der Waals surface area (Å²) in [5.41, 5.74) is 9.25. The van der Waals surface area contributed by atoms with Gasteiger partial charge in [0, 0.05) is 29.6 Å². The van der Waals surface area contributed by atoms with E-state index >= 15 is 0 Å². The molecule has 0 spiro atoms. The van der Waals surface area contributed by atoms with E-state index in [1.165, 1.54) is 12.0 Å². The second-order valence-corrected chi connectivity index (χ2v) is 5.90. The maximum atomic E-state index is 10.5. The van der Waals surface area contributed by atoms with E-state index < -0.39 is 0 Å². The molecule has 0 bridgehead atoms. The van der Waals surface area contributed by atoms with Gasteiger partial charge >= 0.3 is 0 Å². The zero-order chi connectivity index (χ0) is 13.3. The third-order valence-corrected chi connectivity index (χ3v) is 4.09. The highest BCUT2D eigenvalue weighted by atomic mass is 16.3. The minimum absolute atomic E-state index is 0.0250. The minimum atomic E-state index is 0.0250. The molecular weight excluding hydrogens is 224 g/mol. The van der Waals surface area contributed by atoms with Crippen molar-refractivity contribution in [3.8, 4) is 5.75 Å². The lowest BCUT2D eigenvalue weighted by atomic mass is 9.64. The Bertz CT molecular complexity index is 431. The lowest BCUT2D eigenvalue weighted by molar-refractivity contribution is 0.243. The molecule has 1 aliphatic carbocycles. The van der Waals surface area contributed by atoms with Gasteiger partial charge in [-0.05, 0) is 33.9 Å². The molecule has 1 saturated carbocycles. The SMILES string of the molecule is Cc1cc(CN(C)C)c(O)c(C2(CN)CCC2)c1. The molecule has 0 radical (unpaired) electrons. The molecule has 0 saturated heterocycles. The molecule has 100 valence electrons. The standard InChI is InChI=1S/C15H24N2O/c1-11-7-12(9-17(2)3)14(18)13(8-11)15(10-16)5-4-6-15/h7-8,18H,4-6,9-10,16H2,1-3H3. The molecule has 3 heteroatoms. The number of hydrogen-bond donors (Lipinski definition) is 2. The van der Waals surface area contributed by atoms with E-state index in [9.17, 15) is 5.11 Å². The Kier molecular flexibility index (Phi) is 3.64. The van der Waals surface area contributed by atoms with E-state index in [1.54, 1.807) is 0 Å². The van der Waals surface area contributed by atoms with Gasteiger partial charge in [0.25, 0.3) is 0 Å². The maximum absolute atomic E-state index is 10.5. The molecule has 1 fully saturated rings. The zero-order valence-corrected chi connectivity index (χ0v) is 11.7. The Morgan fingerprint density at radius 3 is 2.44 bits per heavy atom. The van der Waals surface area contributed by atoms with Crippen LogP contribution in [0.15, 0.2) is 12.1 Å². The number of nitrogens with two attached hydrogens (primary N) is 1. The molecule has 1 aromatic carbocycles. The quantitative estimate of drug-likeness (QED) is 0.858. The van der Waals surface area contributed by atoms with Gasteiger partial charge in [0.2, 0.25) is 0 Å². The molecular formula is C15H24N2O. The summed E-state index contributed by atoms with van der Waals surface area (Å²) in [7, 11) is 4.03. The van der Waals surface area contributed by atoms with Gasteiger partial charge in [-0.25, -0.2) is 0 Å². The fourth-order valence-corrected chi connectivity index (χ4v) is 2.91. The van der Waals surface area contributed by atoms with Crippen LogP contribution in [-0.4, -0.2) is 30.6 Å². The van der Waals surface area contributed by atoms with Gasteiger partial charge < -0.3 is 15.7 Å². The Morgan fingerprint density at radius 1 is 1.33 bits per heavy atom. The highest BCUT2D eigenvalue weighted by molar-refractivity contribution is 5.48. The first-order valence-corrected chi connectivity index (χ1v) is 6.66. The fraction of sp³-hybridized carbons (Fsp3) is 0.600. The number of benzene rings is 1. The highest BCUT2D eigenvalue weighted by Crippen LogP contribution is 2.47. The van der Waals surface area contributed by atoms with Crippen LogP contribution in [-0.2, 0) is 12.0 Å². The zero-order valence-electron chi connectivity index (χ0n) is 11.7. The largest absolute Gasteiger partial charge is 0.507 e. The number of phenols is 1. The first kappa shape index (κ1) is 13.4. The van der Waals surface area contributed by atoms with Crippen molar-refractivity contribution in [2.24, 2.45) is 5.73 Å². The molecule has 0 amide bonds. The van der Waals surface area contributed by atoms with E-state index in [2.05, 4.69) is 24.0 Å². The van der Waals surface area contributed by atoms with Crippen LogP contribution in [0.2, 0.25) is 0 Å². The fourth-order valence-electron chi connectivity index (χ4n) is 2.91. The summed E-state index contributed by atoms with van der Waals surface area (Å²) in [5, 5.41) is 10.5. The summed E-state index contributed by atoms with van der Waals surface area (Å²) in [6, 6.07) is 4.18. The lowest BCUT2D eigenvalue weighted by Crippen LogP contribution is -2.41. The number of nitrogens with zero attached hydrogens (tertiary/aromatic N) is 1. The number of aryl methyl sites for hydroxylation is 1. The summed E-state index contributed by atoms with van der Waals surface area (Å²) >= 11 is 0. The van der Waals surface area contributed by atoms with Gasteiger partial charge in [-0.15, -0.1) is 0 Å². The van der Waals surface area contributed by atoms with E-state index in [1.807, 2.05) is 14.1 Å². The number of phenolic OH excluding ortho intramolecular Hbond substituents is 1. The Labute approximate surface area is 110 Å². The van der Waals surface area contributed by atoms with E-state index in [4.69, 9.17) is 5.73 Å². The molecule has 2 rings (SSSR count). The van der Waals surface area contributed by atoms with Crippen molar-refractivity contribution in [2.75, 3.05) is 20.6 Å². The number of rotatable bonds is 4. The van der Waals surface area contributed by atoms with Crippen molar-refractivity contribution < 1.29 is 5.11 Å². The summed E-state index contributed by atoms with van der Waals surface area (Å²) in [4.78, 5) is 2.08. The van der Waals surface area contributed by atoms with Gasteiger partial charge in [0.05, 0.1) is 0 Å². The van der Waals surface area contributed by atoms with Crippen LogP contribution >= 0.6 is 0 Å². The maximum Gasteiger partial charge on any atom is 0.123 e. The van der Waals surface area contributed by atoms with E-state index in [-0.39, 0.29) is 5.41 Å². The normalized spacial score (nSPS) is 17.8. The molecule has 18 heavy (non-hydrogen) atoms. The van der Waals surface area contributed by atoms with Crippen molar-refractivity contribution in [3.05, 3.63) is 28.8 Å². The summed E-state index contributed by atoms with van der Waals surface area (Å²) in [5.74, 6) is 0.458. The Balaban J connectivity index is 2.44. The summed E-state index contributed by atoms with van der Waals surface area (Å²) in [6.45, 7) is 3.48. The van der Waals surface area contributed by atoms with Crippen LogP contribution in [0.25, 0.3) is 0 Å². The molecule has 0 aliphatic heterocycles. The third kappa shape index (κ3) is 2.25. The lowest BCUT2D eigenvalue weighted by Gasteiger charge is -2.42. The highest BCUT2D eigenvalue weighted by Gasteiger charge is 2.39. The molecule has 0 unspecified atom stereocenters. The van der Waals surface area contributed by atoms with Crippen molar-refractivity contribution in [2.45, 2.75) is 38.1 Å². The van der Waals surface area contributed by atoms with Crippen LogP contribution in [0.1, 0.15) is 36.0 Å². The molecule has 0 atom stereocenters. The second-order valence-electron chi connectivity index (χ2n) is 5.90. The van der Waals surface area contributed by atoms with Crippen LogP contribution in [0.3, 0.4) is 0 Å². The molecule has 1 aromatic rings. The van der Waals surface area contributed by atoms with Crippen molar-refractivity contribution in [1.29, 1.82) is 0 Å². The second kappa shape index (κ2) is 4.90. The van der Waals surface area contributed by atoms with Gasteiger partial charge in [0.1, 0.15) is 5.75 Å². The molecule has 1 aliphatic rings. The first-order valence-electron chi connectivity index (χ1n) is 6.66. The monoisotopic (exact) mass is 248 g/mol. The summed E-state index contributed by atoms with van der Waals surface area (Å²) < 4.78 is 0. The predicted octanol–water partition coefficient (Wildman–Crippen LogP) is 2.14. The van der Waals surface area contributed by atoms with Gasteiger partial charge in [-0.3, -0.25) is 0 Å². The van der Waals surface area contributed by atoms with Crippen LogP contribution < -0.4 is 5.73 Å². The van der Waals surface area contributed by atoms with Crippen molar-refractivity contribution in [3.63, 3.8) is 0 Å². The smallest absolute Gasteiger partial charge is 0.123 e. The van der Waals surface area contributed by atoms with Crippen LogP contribution in [0.4, 0.5) is 0 Å². The number of aromatic hydroxyl groups is 1. The first-order chi connectivity index (χ1) is 8.48. The van der Waals surface area contributed by atoms with Crippen molar-refractivity contribution >= 4 is 0 Å². The minimum Gasteiger partial charge on any atom is -0.507 e. The predicted molar refractivity (Wildman–Crippen MR) is 74.8 cm³/mol. The van der Waals surface area contributed by atoms with Crippen molar-refractivity contribution in [1.82, 2.24) is 4.90 Å². The van der Waals surface area contributed by atoms with Gasteiger partial charge in [-0.2, -0.15) is 0 Å². The Morgan fingerprint density at radius 2 is 2.00 bits per heavy atom.